The molecule has 94 valence electrons. The summed E-state index contributed by atoms with van der Waals surface area (Å²) in [5.41, 5.74) is -0.373. The van der Waals surface area contributed by atoms with Crippen molar-refractivity contribution in [2.45, 2.75) is 19.0 Å². The average Bonchev–Trinajstić information content (AvgIpc) is 2.73. The van der Waals surface area contributed by atoms with Gasteiger partial charge in [-0.2, -0.15) is 0 Å². The quantitative estimate of drug-likeness (QED) is 0.677. The van der Waals surface area contributed by atoms with E-state index in [0.29, 0.717) is 9.70 Å². The molecule has 0 radical (unpaired) electrons. The van der Waals surface area contributed by atoms with Gasteiger partial charge in [0.15, 0.2) is 0 Å². The number of rotatable bonds is 2. The molecular formula is C11H11Cl2F3Zr. The zero-order valence-corrected chi connectivity index (χ0v) is 12.8. The van der Waals surface area contributed by atoms with Crippen LogP contribution in [0, 0.1) is 0 Å². The van der Waals surface area contributed by atoms with Gasteiger partial charge in [0.25, 0.3) is 0 Å². The van der Waals surface area contributed by atoms with Crippen molar-refractivity contribution >= 4 is 24.8 Å². The van der Waals surface area contributed by atoms with Gasteiger partial charge in [-0.3, -0.25) is 0 Å². The summed E-state index contributed by atoms with van der Waals surface area (Å²) in [5, 5.41) is 0. The Morgan fingerprint density at radius 1 is 1.06 bits per heavy atom. The summed E-state index contributed by atoms with van der Waals surface area (Å²) in [6.45, 7) is 0. The second kappa shape index (κ2) is 6.96. The molecule has 0 spiro atoms. The van der Waals surface area contributed by atoms with Crippen molar-refractivity contribution in [2.75, 3.05) is 0 Å². The molecule has 0 unspecified atom stereocenters. The van der Waals surface area contributed by atoms with Gasteiger partial charge in [0.05, 0.1) is 0 Å². The van der Waals surface area contributed by atoms with Crippen molar-refractivity contribution in [3.05, 3.63) is 42.5 Å². The molecule has 0 heterocycles. The van der Waals surface area contributed by atoms with Crippen LogP contribution in [-0.4, -0.2) is 6.18 Å². The van der Waals surface area contributed by atoms with E-state index in [1.807, 2.05) is 18.2 Å². The van der Waals surface area contributed by atoms with Gasteiger partial charge in [0.1, 0.15) is 0 Å². The van der Waals surface area contributed by atoms with Crippen LogP contribution < -0.4 is 0 Å². The van der Waals surface area contributed by atoms with Crippen molar-refractivity contribution in [3.8, 4) is 0 Å². The maximum atomic E-state index is 12.6. The molecule has 6 heteroatoms. The Balaban J connectivity index is 0.00000128. The van der Waals surface area contributed by atoms with E-state index >= 15 is 0 Å². The fraction of sp³-hybridized carbons (Fsp3) is 0.273. The molecule has 0 atom stereocenters. The first kappa shape index (κ1) is 17.2. The van der Waals surface area contributed by atoms with E-state index in [4.69, 9.17) is 0 Å². The third-order valence-electron chi connectivity index (χ3n) is 2.32. The zero-order chi connectivity index (χ0) is 10.9. The Hall–Kier alpha value is 0.213. The summed E-state index contributed by atoms with van der Waals surface area (Å²) in [6.07, 6.45) is 6.00. The number of hydrogen-bond donors (Lipinski definition) is 0. The summed E-state index contributed by atoms with van der Waals surface area (Å²) >= 11 is -1.16. The van der Waals surface area contributed by atoms with Gasteiger partial charge in [0.2, 0.25) is 0 Å². The third-order valence-corrected chi connectivity index (χ3v) is 5.93. The molecule has 0 saturated heterocycles. The summed E-state index contributed by atoms with van der Waals surface area (Å²) in [4.78, 5) is 0. The molecule has 0 nitrogen and oxygen atoms in total. The Kier molecular flexibility index (Phi) is 7.05. The van der Waals surface area contributed by atoms with Crippen LogP contribution in [-0.2, 0) is 23.2 Å². The van der Waals surface area contributed by atoms with E-state index in [9.17, 15) is 13.2 Å². The van der Waals surface area contributed by atoms with Gasteiger partial charge in [-0.25, -0.2) is 0 Å². The fourth-order valence-corrected chi connectivity index (χ4v) is 4.98. The van der Waals surface area contributed by atoms with Crippen LogP contribution in [0.15, 0.2) is 42.5 Å². The normalized spacial score (nSPS) is 17.7. The summed E-state index contributed by atoms with van der Waals surface area (Å²) in [7, 11) is 0. The van der Waals surface area contributed by atoms with Crippen LogP contribution in [0.1, 0.15) is 12.8 Å². The van der Waals surface area contributed by atoms with Gasteiger partial charge in [-0.1, -0.05) is 0 Å². The van der Waals surface area contributed by atoms with E-state index in [1.54, 1.807) is 6.08 Å². The van der Waals surface area contributed by atoms with Crippen LogP contribution in [0.5, 0.6) is 0 Å². The zero-order valence-electron chi connectivity index (χ0n) is 8.75. The first-order chi connectivity index (χ1) is 7.07. The molecule has 0 aliphatic heterocycles. The molecule has 2 rings (SSSR count). The van der Waals surface area contributed by atoms with Gasteiger partial charge in [-0.05, 0) is 0 Å². The molecule has 0 aromatic heterocycles. The van der Waals surface area contributed by atoms with E-state index in [1.165, 1.54) is 9.36 Å². The number of alkyl halides is 3. The summed E-state index contributed by atoms with van der Waals surface area (Å²) in [6, 6.07) is 0. The Labute approximate surface area is 122 Å². The molecule has 17 heavy (non-hydrogen) atoms. The number of halogens is 5. The van der Waals surface area contributed by atoms with Crippen molar-refractivity contribution in [3.63, 3.8) is 0 Å². The van der Waals surface area contributed by atoms with Crippen molar-refractivity contribution in [2.24, 2.45) is 0 Å². The molecule has 2 aliphatic carbocycles. The Morgan fingerprint density at radius 3 is 2.29 bits per heavy atom. The van der Waals surface area contributed by atoms with Crippen molar-refractivity contribution in [1.82, 2.24) is 0 Å². The third kappa shape index (κ3) is 4.42. The average molecular weight is 362 g/mol. The number of hydrogen-bond acceptors (Lipinski definition) is 0. The molecule has 0 bridgehead atoms. The topological polar surface area (TPSA) is 0 Å². The standard InChI is InChI=1S/C6H4F3.C5H5.2ClH.Zr/c7-6(8,9)5-3-1-2-4-5;1-2-4-5-3-1;;;/h1,3H,2H2;1-3H,4H2;2*1H;. The second-order valence-electron chi connectivity index (χ2n) is 3.45. The van der Waals surface area contributed by atoms with Crippen LogP contribution in [0.25, 0.3) is 0 Å². The van der Waals surface area contributed by atoms with E-state index < -0.39 is 29.4 Å². The van der Waals surface area contributed by atoms with E-state index in [-0.39, 0.29) is 30.4 Å². The van der Waals surface area contributed by atoms with Crippen LogP contribution in [0.3, 0.4) is 0 Å². The van der Waals surface area contributed by atoms with Crippen molar-refractivity contribution < 1.29 is 36.4 Å². The van der Waals surface area contributed by atoms with Gasteiger partial charge in [0, 0.05) is 0 Å². The monoisotopic (exact) mass is 360 g/mol. The van der Waals surface area contributed by atoms with Crippen LogP contribution >= 0.6 is 24.8 Å². The van der Waals surface area contributed by atoms with Gasteiger partial charge < -0.3 is 0 Å². The van der Waals surface area contributed by atoms with Crippen molar-refractivity contribution in [1.29, 1.82) is 0 Å². The minimum atomic E-state index is -4.16. The fourth-order valence-electron chi connectivity index (χ4n) is 1.62. The molecule has 2 aliphatic rings. The Bertz CT molecular complexity index is 392. The van der Waals surface area contributed by atoms with Gasteiger partial charge in [-0.15, -0.1) is 24.8 Å². The molecule has 0 aromatic rings. The SMILES string of the molecule is Cl.Cl.FC(F)(F)C1=[C]([Zr][C]2=CC=CC2)CC=C1. The molecule has 0 amide bonds. The first-order valence-corrected chi connectivity index (χ1v) is 7.13. The predicted molar refractivity (Wildman–Crippen MR) is 63.2 cm³/mol. The maximum absolute atomic E-state index is 12.6. The Morgan fingerprint density at radius 2 is 1.76 bits per heavy atom. The van der Waals surface area contributed by atoms with Crippen LogP contribution in [0.2, 0.25) is 0 Å². The van der Waals surface area contributed by atoms with Gasteiger partial charge >= 0.3 is 97.9 Å². The first-order valence-electron chi connectivity index (χ1n) is 4.67. The number of allylic oxidation sites excluding steroid dienone is 8. The molecule has 0 fully saturated rings. The molecule has 0 saturated carbocycles. The second-order valence-corrected chi connectivity index (χ2v) is 7.12. The van der Waals surface area contributed by atoms with E-state index in [0.717, 1.165) is 6.42 Å². The summed E-state index contributed by atoms with van der Waals surface area (Å²) < 4.78 is 39.6. The minimum absolute atomic E-state index is 0. The van der Waals surface area contributed by atoms with E-state index in [2.05, 4.69) is 0 Å². The molecule has 0 N–H and O–H groups in total. The molecule has 0 aromatic carbocycles. The van der Waals surface area contributed by atoms with Crippen LogP contribution in [0.4, 0.5) is 13.2 Å². The predicted octanol–water partition coefficient (Wildman–Crippen LogP) is 4.53. The summed E-state index contributed by atoms with van der Waals surface area (Å²) in [5.74, 6) is 0. The molecular weight excluding hydrogens is 351 g/mol.